The molecule has 0 radical (unpaired) electrons. The highest BCUT2D eigenvalue weighted by Gasteiger charge is 2.11. The maximum absolute atomic E-state index is 6.17. The molecule has 0 aliphatic carbocycles. The van der Waals surface area contributed by atoms with Crippen LogP contribution in [0.1, 0.15) is 69.4 Å². The minimum absolute atomic E-state index is 0.831. The zero-order chi connectivity index (χ0) is 20.5. The largest absolute Gasteiger partial charge is 0.493 e. The Morgan fingerprint density at radius 2 is 1.41 bits per heavy atom. The van der Waals surface area contributed by atoms with Gasteiger partial charge in [0, 0.05) is 14.6 Å². The number of thiophene rings is 2. The number of ether oxygens (including phenoxy) is 1. The predicted molar refractivity (Wildman–Crippen MR) is 131 cm³/mol. The number of rotatable bonds is 12. The van der Waals surface area contributed by atoms with Crippen molar-refractivity contribution < 1.29 is 4.74 Å². The predicted octanol–water partition coefficient (Wildman–Crippen LogP) is 9.28. The molecule has 3 heteroatoms. The summed E-state index contributed by atoms with van der Waals surface area (Å²) >= 11 is 3.67. The standard InChI is InChI=1S/C26H34OS2/c1-4-5-6-7-8-9-10-11-16-27-26-20(2)18-22(19-21(26)3)23-14-15-25(29-23)24-13-12-17-28-24/h12-15,17-19H,4-11,16H2,1-3H3. The molecular formula is C26H34OS2. The number of hydrogen-bond acceptors (Lipinski definition) is 3. The summed E-state index contributed by atoms with van der Waals surface area (Å²) in [6, 6.07) is 13.4. The van der Waals surface area contributed by atoms with Crippen LogP contribution >= 0.6 is 22.7 Å². The van der Waals surface area contributed by atoms with Crippen molar-refractivity contribution in [2.24, 2.45) is 0 Å². The summed E-state index contributed by atoms with van der Waals surface area (Å²) in [6.07, 6.45) is 10.7. The van der Waals surface area contributed by atoms with Gasteiger partial charge in [0.25, 0.3) is 0 Å². The molecule has 0 spiro atoms. The second-order valence-electron chi connectivity index (χ2n) is 7.90. The van der Waals surface area contributed by atoms with E-state index in [-0.39, 0.29) is 0 Å². The molecule has 0 bridgehead atoms. The molecule has 2 aromatic heterocycles. The summed E-state index contributed by atoms with van der Waals surface area (Å²) in [4.78, 5) is 4.02. The highest BCUT2D eigenvalue weighted by molar-refractivity contribution is 7.23. The van der Waals surface area contributed by atoms with Gasteiger partial charge in [-0.05, 0) is 72.7 Å². The smallest absolute Gasteiger partial charge is 0.125 e. The molecule has 0 fully saturated rings. The van der Waals surface area contributed by atoms with Crippen molar-refractivity contribution in [1.29, 1.82) is 0 Å². The fraction of sp³-hybridized carbons (Fsp3) is 0.462. The van der Waals surface area contributed by atoms with Crippen LogP contribution in [0.25, 0.3) is 20.2 Å². The van der Waals surface area contributed by atoms with Gasteiger partial charge < -0.3 is 4.74 Å². The van der Waals surface area contributed by atoms with Gasteiger partial charge in [0.2, 0.25) is 0 Å². The number of unbranched alkanes of at least 4 members (excludes halogenated alkanes) is 7. The Kier molecular flexibility index (Phi) is 8.82. The van der Waals surface area contributed by atoms with Crippen molar-refractivity contribution in [2.75, 3.05) is 6.61 Å². The van der Waals surface area contributed by atoms with E-state index in [1.54, 1.807) is 11.3 Å². The lowest BCUT2D eigenvalue weighted by atomic mass is 10.0. The quantitative estimate of drug-likeness (QED) is 0.262. The first-order valence-electron chi connectivity index (χ1n) is 11.1. The average Bonchev–Trinajstić information content (AvgIpc) is 3.40. The maximum atomic E-state index is 6.17. The zero-order valence-electron chi connectivity index (χ0n) is 18.1. The second kappa shape index (κ2) is 11.6. The van der Waals surface area contributed by atoms with Crippen LogP contribution in [0.15, 0.2) is 41.8 Å². The van der Waals surface area contributed by atoms with Crippen LogP contribution in [0.4, 0.5) is 0 Å². The van der Waals surface area contributed by atoms with Gasteiger partial charge in [0.15, 0.2) is 0 Å². The number of aryl methyl sites for hydroxylation is 2. The van der Waals surface area contributed by atoms with E-state index in [1.807, 2.05) is 11.3 Å². The van der Waals surface area contributed by atoms with Crippen molar-refractivity contribution in [3.8, 4) is 25.9 Å². The van der Waals surface area contributed by atoms with Crippen molar-refractivity contribution in [3.63, 3.8) is 0 Å². The molecule has 0 N–H and O–H groups in total. The molecule has 1 nitrogen and oxygen atoms in total. The van der Waals surface area contributed by atoms with Gasteiger partial charge in [-0.2, -0.15) is 0 Å². The summed E-state index contributed by atoms with van der Waals surface area (Å²) in [5, 5.41) is 2.14. The van der Waals surface area contributed by atoms with E-state index >= 15 is 0 Å². The first-order valence-corrected chi connectivity index (χ1v) is 12.8. The Morgan fingerprint density at radius 1 is 0.759 bits per heavy atom. The summed E-state index contributed by atoms with van der Waals surface area (Å²) in [6.45, 7) is 7.45. The SMILES string of the molecule is CCCCCCCCCCOc1c(C)cc(-c2ccc(-c3cccs3)s2)cc1C. The van der Waals surface area contributed by atoms with Crippen molar-refractivity contribution in [3.05, 3.63) is 52.9 Å². The van der Waals surface area contributed by atoms with Gasteiger partial charge >= 0.3 is 0 Å². The Labute approximate surface area is 184 Å². The average molecular weight is 427 g/mol. The molecule has 3 aromatic rings. The maximum Gasteiger partial charge on any atom is 0.125 e. The van der Waals surface area contributed by atoms with Crippen molar-refractivity contribution in [2.45, 2.75) is 72.1 Å². The van der Waals surface area contributed by atoms with Crippen LogP contribution < -0.4 is 4.74 Å². The van der Waals surface area contributed by atoms with Gasteiger partial charge in [-0.25, -0.2) is 0 Å². The molecule has 0 amide bonds. The topological polar surface area (TPSA) is 9.23 Å². The Morgan fingerprint density at radius 3 is 2.07 bits per heavy atom. The molecular weight excluding hydrogens is 392 g/mol. The molecule has 0 saturated heterocycles. The third-order valence-corrected chi connectivity index (χ3v) is 7.56. The van der Waals surface area contributed by atoms with Gasteiger partial charge in [0.05, 0.1) is 6.61 Å². The molecule has 156 valence electrons. The minimum atomic E-state index is 0.831. The van der Waals surface area contributed by atoms with Gasteiger partial charge in [0.1, 0.15) is 5.75 Å². The van der Waals surface area contributed by atoms with Crippen LogP contribution in [0, 0.1) is 13.8 Å². The normalized spacial score (nSPS) is 11.1. The molecule has 0 unspecified atom stereocenters. The van der Waals surface area contributed by atoms with Gasteiger partial charge in [-0.1, -0.05) is 57.9 Å². The third-order valence-electron chi connectivity index (χ3n) is 5.36. The minimum Gasteiger partial charge on any atom is -0.493 e. The van der Waals surface area contributed by atoms with Crippen molar-refractivity contribution >= 4 is 22.7 Å². The van der Waals surface area contributed by atoms with Crippen LogP contribution in [0.3, 0.4) is 0 Å². The lowest BCUT2D eigenvalue weighted by Crippen LogP contribution is -2.01. The molecule has 0 saturated carbocycles. The fourth-order valence-corrected chi connectivity index (χ4v) is 5.60. The highest BCUT2D eigenvalue weighted by Crippen LogP contribution is 2.38. The molecule has 29 heavy (non-hydrogen) atoms. The van der Waals surface area contributed by atoms with E-state index in [0.717, 1.165) is 18.8 Å². The van der Waals surface area contributed by atoms with Crippen LogP contribution in [0.2, 0.25) is 0 Å². The molecule has 3 rings (SSSR count). The summed E-state index contributed by atoms with van der Waals surface area (Å²) in [5.41, 5.74) is 3.78. The summed E-state index contributed by atoms with van der Waals surface area (Å²) in [5.74, 6) is 1.08. The molecule has 0 aliphatic rings. The highest BCUT2D eigenvalue weighted by atomic mass is 32.1. The van der Waals surface area contributed by atoms with E-state index in [1.165, 1.54) is 76.3 Å². The van der Waals surface area contributed by atoms with Crippen LogP contribution in [-0.2, 0) is 0 Å². The Hall–Kier alpha value is -1.58. The van der Waals surface area contributed by atoms with E-state index in [9.17, 15) is 0 Å². The molecule has 2 heterocycles. The fourth-order valence-electron chi connectivity index (χ4n) is 3.77. The lowest BCUT2D eigenvalue weighted by Gasteiger charge is -2.14. The van der Waals surface area contributed by atoms with Crippen molar-refractivity contribution in [1.82, 2.24) is 0 Å². The number of hydrogen-bond donors (Lipinski definition) is 0. The number of benzene rings is 1. The second-order valence-corrected chi connectivity index (χ2v) is 9.94. The van der Waals surface area contributed by atoms with E-state index in [0.29, 0.717) is 0 Å². The van der Waals surface area contributed by atoms with E-state index < -0.39 is 0 Å². The zero-order valence-corrected chi connectivity index (χ0v) is 19.8. The Balaban J connectivity index is 1.51. The lowest BCUT2D eigenvalue weighted by molar-refractivity contribution is 0.300. The van der Waals surface area contributed by atoms with E-state index in [4.69, 9.17) is 4.74 Å². The summed E-state index contributed by atoms with van der Waals surface area (Å²) < 4.78 is 6.17. The Bertz CT molecular complexity index is 838. The van der Waals surface area contributed by atoms with Crippen LogP contribution in [0.5, 0.6) is 5.75 Å². The first-order chi connectivity index (χ1) is 14.2. The van der Waals surface area contributed by atoms with Crippen LogP contribution in [-0.4, -0.2) is 6.61 Å². The van der Waals surface area contributed by atoms with E-state index in [2.05, 4.69) is 62.5 Å². The monoisotopic (exact) mass is 426 g/mol. The molecule has 0 aliphatic heterocycles. The first kappa shape index (κ1) is 22.1. The molecule has 0 atom stereocenters. The summed E-state index contributed by atoms with van der Waals surface area (Å²) in [7, 11) is 0. The molecule has 1 aromatic carbocycles. The van der Waals surface area contributed by atoms with Gasteiger partial charge in [-0.3, -0.25) is 0 Å². The third kappa shape index (κ3) is 6.45. The van der Waals surface area contributed by atoms with Gasteiger partial charge in [-0.15, -0.1) is 22.7 Å².